The molecule has 118 valence electrons. The van der Waals surface area contributed by atoms with Gasteiger partial charge in [-0.15, -0.1) is 23.5 Å². The molecule has 1 aliphatic heterocycles. The lowest BCUT2D eigenvalue weighted by atomic mass is 9.82. The molecular weight excluding hydrogens is 292 g/mol. The highest BCUT2D eigenvalue weighted by Crippen LogP contribution is 2.53. The molecule has 0 radical (unpaired) electrons. The Labute approximate surface area is 131 Å². The van der Waals surface area contributed by atoms with E-state index in [-0.39, 0.29) is 15.8 Å². The van der Waals surface area contributed by atoms with Gasteiger partial charge in [-0.2, -0.15) is 0 Å². The van der Waals surface area contributed by atoms with E-state index in [9.17, 15) is 4.79 Å². The summed E-state index contributed by atoms with van der Waals surface area (Å²) in [4.78, 5) is 11.2. The van der Waals surface area contributed by atoms with Gasteiger partial charge in [0, 0.05) is 26.1 Å². The van der Waals surface area contributed by atoms with Crippen molar-refractivity contribution in [3.8, 4) is 0 Å². The Morgan fingerprint density at radius 3 is 2.25 bits per heavy atom. The molecule has 0 amide bonds. The maximum Gasteiger partial charge on any atom is 0.158 e. The molecule has 0 aromatic rings. The summed E-state index contributed by atoms with van der Waals surface area (Å²) in [5.41, 5.74) is -0.263. The van der Waals surface area contributed by atoms with Gasteiger partial charge in [0.25, 0.3) is 0 Å². The van der Waals surface area contributed by atoms with Crippen molar-refractivity contribution in [2.75, 3.05) is 25.7 Å². The molecule has 0 saturated carbocycles. The van der Waals surface area contributed by atoms with Crippen molar-refractivity contribution >= 4 is 29.8 Å². The third-order valence-electron chi connectivity index (χ3n) is 3.86. The Morgan fingerprint density at radius 2 is 1.80 bits per heavy atom. The van der Waals surface area contributed by atoms with E-state index >= 15 is 0 Å². The summed E-state index contributed by atoms with van der Waals surface area (Å²) in [7, 11) is 3.39. The van der Waals surface area contributed by atoms with Gasteiger partial charge in [0.2, 0.25) is 0 Å². The Bertz CT molecular complexity index is 297. The second kappa shape index (κ2) is 8.06. The largest absolute Gasteiger partial charge is 0.356 e. The number of carbonyl (C=O) groups excluding carboxylic acids is 1. The van der Waals surface area contributed by atoms with Gasteiger partial charge in [-0.3, -0.25) is 0 Å². The monoisotopic (exact) mass is 320 g/mol. The second-order valence-electron chi connectivity index (χ2n) is 6.18. The first-order valence-corrected chi connectivity index (χ1v) is 9.16. The molecule has 0 spiro atoms. The van der Waals surface area contributed by atoms with Gasteiger partial charge in [-0.25, -0.2) is 0 Å². The van der Waals surface area contributed by atoms with Crippen molar-refractivity contribution in [1.29, 1.82) is 0 Å². The minimum Gasteiger partial charge on any atom is -0.356 e. The van der Waals surface area contributed by atoms with Crippen LogP contribution in [0.4, 0.5) is 0 Å². The van der Waals surface area contributed by atoms with E-state index < -0.39 is 0 Å². The maximum atomic E-state index is 11.2. The van der Waals surface area contributed by atoms with Crippen LogP contribution in [0, 0.1) is 11.3 Å². The fourth-order valence-electron chi connectivity index (χ4n) is 2.68. The van der Waals surface area contributed by atoms with Crippen molar-refractivity contribution in [1.82, 2.24) is 0 Å². The molecule has 0 bridgehead atoms. The summed E-state index contributed by atoms with van der Waals surface area (Å²) in [5.74, 6) is 2.80. The van der Waals surface area contributed by atoms with Crippen LogP contribution >= 0.6 is 23.5 Å². The number of carbonyl (C=O) groups is 1. The summed E-state index contributed by atoms with van der Waals surface area (Å²) < 4.78 is 10.9. The zero-order valence-electron chi connectivity index (χ0n) is 13.3. The number of hydrogen-bond donors (Lipinski definition) is 0. The zero-order chi connectivity index (χ0) is 15.2. The molecule has 0 aliphatic carbocycles. The highest BCUT2D eigenvalue weighted by atomic mass is 32.2. The average molecular weight is 321 g/mol. The van der Waals surface area contributed by atoms with E-state index in [1.165, 1.54) is 17.9 Å². The smallest absolute Gasteiger partial charge is 0.158 e. The molecule has 1 atom stereocenters. The van der Waals surface area contributed by atoms with Crippen LogP contribution in [0.5, 0.6) is 0 Å². The van der Waals surface area contributed by atoms with E-state index in [1.54, 1.807) is 14.2 Å². The van der Waals surface area contributed by atoms with Crippen LogP contribution in [0.2, 0.25) is 0 Å². The topological polar surface area (TPSA) is 35.5 Å². The van der Waals surface area contributed by atoms with Crippen LogP contribution in [-0.4, -0.2) is 42.4 Å². The molecule has 1 aliphatic rings. The van der Waals surface area contributed by atoms with Gasteiger partial charge >= 0.3 is 0 Å². The van der Waals surface area contributed by atoms with E-state index in [0.717, 1.165) is 19.1 Å². The third-order valence-corrected chi connectivity index (χ3v) is 7.67. The first-order chi connectivity index (χ1) is 9.39. The molecule has 1 fully saturated rings. The van der Waals surface area contributed by atoms with Crippen molar-refractivity contribution in [2.45, 2.75) is 50.4 Å². The summed E-state index contributed by atoms with van der Waals surface area (Å²) in [6.45, 7) is 6.30. The fraction of sp³-hybridized carbons (Fsp3) is 0.933. The van der Waals surface area contributed by atoms with Crippen LogP contribution < -0.4 is 0 Å². The summed E-state index contributed by atoms with van der Waals surface area (Å²) in [6.07, 6.45) is 3.93. The third kappa shape index (κ3) is 4.93. The Kier molecular flexibility index (Phi) is 7.39. The molecule has 3 nitrogen and oxygen atoms in total. The number of aldehydes is 1. The Hall–Kier alpha value is 0.290. The Balaban J connectivity index is 2.83. The molecule has 0 unspecified atom stereocenters. The van der Waals surface area contributed by atoms with Crippen molar-refractivity contribution in [3.05, 3.63) is 0 Å². The Morgan fingerprint density at radius 1 is 1.25 bits per heavy atom. The zero-order valence-corrected chi connectivity index (χ0v) is 14.9. The van der Waals surface area contributed by atoms with E-state index in [4.69, 9.17) is 9.47 Å². The quantitative estimate of drug-likeness (QED) is 0.502. The molecule has 0 aromatic heterocycles. The normalized spacial score (nSPS) is 20.9. The number of methoxy groups -OCH3 is 2. The highest BCUT2D eigenvalue weighted by molar-refractivity contribution is 8.18. The lowest BCUT2D eigenvalue weighted by Crippen LogP contribution is -2.39. The molecule has 0 aromatic carbocycles. The number of thioether (sulfide) groups is 2. The highest BCUT2D eigenvalue weighted by Gasteiger charge is 2.43. The predicted molar refractivity (Wildman–Crippen MR) is 88.3 cm³/mol. The minimum atomic E-state index is -0.263. The van der Waals surface area contributed by atoms with Gasteiger partial charge in [0.15, 0.2) is 6.29 Å². The molecule has 0 N–H and O–H groups in total. The number of ether oxygens (including phenoxy) is 2. The average Bonchev–Trinajstić information content (AvgIpc) is 2.45. The van der Waals surface area contributed by atoms with E-state index in [2.05, 4.69) is 6.92 Å². The minimum absolute atomic E-state index is 0.0925. The van der Waals surface area contributed by atoms with Crippen LogP contribution in [0.1, 0.15) is 40.0 Å². The number of rotatable bonds is 8. The SMILES string of the molecule is COC(CC1([C@H](C)CC(C)(C)C=O)SCCCS1)OC. The maximum absolute atomic E-state index is 11.2. The van der Waals surface area contributed by atoms with Crippen molar-refractivity contribution < 1.29 is 14.3 Å². The lowest BCUT2D eigenvalue weighted by Gasteiger charge is -2.44. The van der Waals surface area contributed by atoms with Gasteiger partial charge < -0.3 is 14.3 Å². The van der Waals surface area contributed by atoms with Crippen LogP contribution in [0.15, 0.2) is 0 Å². The summed E-state index contributed by atoms with van der Waals surface area (Å²) >= 11 is 4.03. The van der Waals surface area contributed by atoms with Crippen molar-refractivity contribution in [2.24, 2.45) is 11.3 Å². The molecule has 1 saturated heterocycles. The van der Waals surface area contributed by atoms with Gasteiger partial charge in [-0.05, 0) is 30.3 Å². The molecule has 1 heterocycles. The van der Waals surface area contributed by atoms with Crippen LogP contribution in [-0.2, 0) is 14.3 Å². The predicted octanol–water partition coefficient (Wildman–Crippen LogP) is 3.81. The first kappa shape index (κ1) is 18.3. The standard InChI is InChI=1S/C15H28O3S2/c1-12(9-14(2,3)11-16)15(10-13(17-4)18-5)19-7-6-8-20-15/h11-13H,6-10H2,1-5H3/t12-/m1/s1. The molecule has 20 heavy (non-hydrogen) atoms. The fourth-order valence-corrected chi connectivity index (χ4v) is 6.21. The van der Waals surface area contributed by atoms with Crippen molar-refractivity contribution in [3.63, 3.8) is 0 Å². The van der Waals surface area contributed by atoms with E-state index in [1.807, 2.05) is 37.4 Å². The first-order valence-electron chi connectivity index (χ1n) is 7.19. The van der Waals surface area contributed by atoms with Gasteiger partial charge in [-0.1, -0.05) is 20.8 Å². The van der Waals surface area contributed by atoms with Crippen LogP contribution in [0.25, 0.3) is 0 Å². The second-order valence-corrected chi connectivity index (χ2v) is 9.29. The molecular formula is C15H28O3S2. The number of hydrogen-bond acceptors (Lipinski definition) is 5. The van der Waals surface area contributed by atoms with E-state index in [0.29, 0.717) is 5.92 Å². The van der Waals surface area contributed by atoms with Gasteiger partial charge in [0.05, 0.1) is 4.08 Å². The summed E-state index contributed by atoms with van der Waals surface area (Å²) in [6, 6.07) is 0. The lowest BCUT2D eigenvalue weighted by molar-refractivity contribution is -0.116. The van der Waals surface area contributed by atoms with Gasteiger partial charge in [0.1, 0.15) is 6.29 Å². The summed E-state index contributed by atoms with van der Waals surface area (Å²) in [5, 5.41) is 0. The van der Waals surface area contributed by atoms with Crippen LogP contribution in [0.3, 0.4) is 0 Å². The molecule has 1 rings (SSSR count). The molecule has 5 heteroatoms.